The number of carbonyl (C=O) groups is 1. The third-order valence-corrected chi connectivity index (χ3v) is 5.21. The van der Waals surface area contributed by atoms with E-state index in [2.05, 4.69) is 0 Å². The maximum Gasteiger partial charge on any atom is 0.261 e. The predicted molar refractivity (Wildman–Crippen MR) is 99.5 cm³/mol. The van der Waals surface area contributed by atoms with Gasteiger partial charge in [0.25, 0.3) is 5.91 Å². The molecule has 1 heterocycles. The molecule has 5 nitrogen and oxygen atoms in total. The van der Waals surface area contributed by atoms with Crippen LogP contribution in [0.4, 0.5) is 10.1 Å². The molecule has 1 aliphatic heterocycles. The fraction of sp³-hybridized carbons (Fsp3) is 0.381. The van der Waals surface area contributed by atoms with Crippen molar-refractivity contribution >= 4 is 11.6 Å². The van der Waals surface area contributed by atoms with Crippen LogP contribution >= 0.6 is 0 Å². The van der Waals surface area contributed by atoms with E-state index >= 15 is 4.39 Å². The Morgan fingerprint density at radius 1 is 1.00 bits per heavy atom. The maximum atomic E-state index is 15.1. The summed E-state index contributed by atoms with van der Waals surface area (Å²) in [5.41, 5.74) is 1.06. The first kappa shape index (κ1) is 17.6. The second-order valence-corrected chi connectivity index (χ2v) is 6.80. The summed E-state index contributed by atoms with van der Waals surface area (Å²) in [4.78, 5) is 14.0. The molecule has 6 heteroatoms. The normalized spacial score (nSPS) is 19.3. The van der Waals surface area contributed by atoms with Gasteiger partial charge in [-0.3, -0.25) is 9.69 Å². The molecule has 1 aliphatic carbocycles. The zero-order valence-corrected chi connectivity index (χ0v) is 15.4. The molecule has 0 aromatic heterocycles. The van der Waals surface area contributed by atoms with Gasteiger partial charge in [-0.15, -0.1) is 0 Å². The first-order valence-electron chi connectivity index (χ1n) is 9.13. The van der Waals surface area contributed by atoms with Crippen molar-refractivity contribution < 1.29 is 23.4 Å². The van der Waals surface area contributed by atoms with E-state index in [4.69, 9.17) is 14.2 Å². The second-order valence-electron chi connectivity index (χ2n) is 6.80. The number of hydrogen-bond acceptors (Lipinski definition) is 4. The molecule has 142 valence electrons. The van der Waals surface area contributed by atoms with Crippen LogP contribution in [0.2, 0.25) is 0 Å². The van der Waals surface area contributed by atoms with E-state index < -0.39 is 12.2 Å². The minimum Gasteiger partial charge on any atom is -0.494 e. The van der Waals surface area contributed by atoms with E-state index in [0.717, 1.165) is 30.6 Å². The van der Waals surface area contributed by atoms with Gasteiger partial charge in [-0.2, -0.15) is 0 Å². The average Bonchev–Trinajstić information content (AvgIpc) is 3.29. The molecule has 0 radical (unpaired) electrons. The highest BCUT2D eigenvalue weighted by molar-refractivity contribution is 6.11. The quantitative estimate of drug-likeness (QED) is 0.718. The predicted octanol–water partition coefficient (Wildman–Crippen LogP) is 4.65. The number of nitrogens with zero attached hydrogens (tertiary/aromatic N) is 1. The van der Waals surface area contributed by atoms with Crippen molar-refractivity contribution in [1.29, 1.82) is 0 Å². The van der Waals surface area contributed by atoms with Crippen molar-refractivity contribution in [2.24, 2.45) is 0 Å². The number of alkyl halides is 1. The Labute approximate surface area is 157 Å². The van der Waals surface area contributed by atoms with Crippen LogP contribution in [0.3, 0.4) is 0 Å². The summed E-state index contributed by atoms with van der Waals surface area (Å²) in [7, 11) is 3.03. The maximum absolute atomic E-state index is 15.1. The van der Waals surface area contributed by atoms with Gasteiger partial charge >= 0.3 is 0 Å². The standard InChI is InChI=1S/C21H22FNO4/c1-25-17-12-18(26-2)19(27-13-7-3-4-8-13)11-16(17)23-20(22)14-9-5-6-10-15(14)21(23)24/h5-6,9-13,20H,3-4,7-8H2,1-2H3. The number of rotatable bonds is 5. The van der Waals surface area contributed by atoms with Crippen LogP contribution in [0.1, 0.15) is 47.9 Å². The summed E-state index contributed by atoms with van der Waals surface area (Å²) in [6, 6.07) is 10.0. The Bertz CT molecular complexity index is 863. The number of fused-ring (bicyclic) bond motifs is 1. The minimum absolute atomic E-state index is 0.104. The molecule has 1 amide bonds. The summed E-state index contributed by atoms with van der Waals surface area (Å²) in [5, 5.41) is 0. The van der Waals surface area contributed by atoms with E-state index in [1.807, 2.05) is 0 Å². The van der Waals surface area contributed by atoms with Crippen LogP contribution in [-0.4, -0.2) is 26.2 Å². The number of methoxy groups -OCH3 is 2. The monoisotopic (exact) mass is 371 g/mol. The molecule has 1 fully saturated rings. The fourth-order valence-corrected chi connectivity index (χ4v) is 3.82. The van der Waals surface area contributed by atoms with Crippen LogP contribution in [0.15, 0.2) is 36.4 Å². The van der Waals surface area contributed by atoms with Gasteiger partial charge in [-0.25, -0.2) is 4.39 Å². The Balaban J connectivity index is 1.76. The highest BCUT2D eigenvalue weighted by atomic mass is 19.1. The van der Waals surface area contributed by atoms with Gasteiger partial charge in [0.15, 0.2) is 11.5 Å². The van der Waals surface area contributed by atoms with Gasteiger partial charge in [0, 0.05) is 23.3 Å². The number of anilines is 1. The summed E-state index contributed by atoms with van der Waals surface area (Å²) in [6.45, 7) is 0. The van der Waals surface area contributed by atoms with Crippen molar-refractivity contribution in [3.63, 3.8) is 0 Å². The van der Waals surface area contributed by atoms with Crippen molar-refractivity contribution in [2.75, 3.05) is 19.1 Å². The van der Waals surface area contributed by atoms with Crippen LogP contribution < -0.4 is 19.1 Å². The molecule has 4 rings (SSSR count). The lowest BCUT2D eigenvalue weighted by Crippen LogP contribution is -2.26. The minimum atomic E-state index is -1.57. The lowest BCUT2D eigenvalue weighted by atomic mass is 10.1. The smallest absolute Gasteiger partial charge is 0.261 e. The molecular weight excluding hydrogens is 349 g/mol. The van der Waals surface area contributed by atoms with Crippen LogP contribution in [0, 0.1) is 0 Å². The molecule has 1 atom stereocenters. The zero-order chi connectivity index (χ0) is 19.0. The molecule has 2 aromatic carbocycles. The lowest BCUT2D eigenvalue weighted by molar-refractivity contribution is 0.0974. The highest BCUT2D eigenvalue weighted by Crippen LogP contribution is 2.47. The molecule has 2 aromatic rings. The number of halogens is 1. The summed E-state index contributed by atoms with van der Waals surface area (Å²) in [5.74, 6) is 0.959. The van der Waals surface area contributed by atoms with Gasteiger partial charge in [0.2, 0.25) is 6.30 Å². The van der Waals surface area contributed by atoms with E-state index in [1.165, 1.54) is 7.11 Å². The number of hydrogen-bond donors (Lipinski definition) is 0. The third kappa shape index (κ3) is 2.99. The second kappa shape index (κ2) is 7.10. The van der Waals surface area contributed by atoms with Crippen molar-refractivity contribution in [1.82, 2.24) is 0 Å². The topological polar surface area (TPSA) is 48.0 Å². The highest BCUT2D eigenvalue weighted by Gasteiger charge is 2.39. The third-order valence-electron chi connectivity index (χ3n) is 5.21. The number of carbonyl (C=O) groups excluding carboxylic acids is 1. The lowest BCUT2D eigenvalue weighted by Gasteiger charge is -2.24. The van der Waals surface area contributed by atoms with E-state index in [1.54, 1.807) is 43.5 Å². The Morgan fingerprint density at radius 3 is 2.37 bits per heavy atom. The average molecular weight is 371 g/mol. The summed E-state index contributed by atoms with van der Waals surface area (Å²) < 4.78 is 32.1. The summed E-state index contributed by atoms with van der Waals surface area (Å²) >= 11 is 0. The largest absolute Gasteiger partial charge is 0.494 e. The zero-order valence-electron chi connectivity index (χ0n) is 15.4. The molecule has 0 saturated heterocycles. The first-order valence-corrected chi connectivity index (χ1v) is 9.13. The molecule has 2 aliphatic rings. The number of benzene rings is 2. The van der Waals surface area contributed by atoms with Crippen LogP contribution in [0.25, 0.3) is 0 Å². The van der Waals surface area contributed by atoms with Crippen molar-refractivity contribution in [3.8, 4) is 17.2 Å². The number of amides is 1. The first-order chi connectivity index (χ1) is 13.1. The summed E-state index contributed by atoms with van der Waals surface area (Å²) in [6.07, 6.45) is 2.74. The van der Waals surface area contributed by atoms with Gasteiger partial charge in [0.05, 0.1) is 26.0 Å². The molecule has 1 unspecified atom stereocenters. The van der Waals surface area contributed by atoms with Gasteiger partial charge < -0.3 is 14.2 Å². The van der Waals surface area contributed by atoms with Crippen LogP contribution in [0.5, 0.6) is 17.2 Å². The Kier molecular flexibility index (Phi) is 4.64. The van der Waals surface area contributed by atoms with Crippen LogP contribution in [-0.2, 0) is 0 Å². The van der Waals surface area contributed by atoms with Crippen molar-refractivity contribution in [2.45, 2.75) is 38.1 Å². The molecular formula is C21H22FNO4. The molecule has 27 heavy (non-hydrogen) atoms. The molecule has 0 bridgehead atoms. The van der Waals surface area contributed by atoms with Gasteiger partial charge in [-0.1, -0.05) is 18.2 Å². The van der Waals surface area contributed by atoms with E-state index in [0.29, 0.717) is 34.1 Å². The SMILES string of the molecule is COc1cc(OC)c(N2C(=O)c3ccccc3C2F)cc1OC1CCCC1. The molecule has 0 spiro atoms. The number of ether oxygens (including phenoxy) is 3. The molecule has 1 saturated carbocycles. The fourth-order valence-electron chi connectivity index (χ4n) is 3.82. The van der Waals surface area contributed by atoms with Gasteiger partial charge in [-0.05, 0) is 31.7 Å². The van der Waals surface area contributed by atoms with Crippen molar-refractivity contribution in [3.05, 3.63) is 47.5 Å². The Hall–Kier alpha value is -2.76. The van der Waals surface area contributed by atoms with E-state index in [-0.39, 0.29) is 6.10 Å². The molecule has 0 N–H and O–H groups in total. The van der Waals surface area contributed by atoms with E-state index in [9.17, 15) is 4.79 Å². The Morgan fingerprint density at radius 2 is 1.70 bits per heavy atom. The van der Waals surface area contributed by atoms with Gasteiger partial charge in [0.1, 0.15) is 5.75 Å².